The number of hydrogen-bond acceptors (Lipinski definition) is 5. The van der Waals surface area contributed by atoms with Crippen LogP contribution in [0, 0.1) is 0 Å². The Morgan fingerprint density at radius 3 is 2.43 bits per heavy atom. The number of para-hydroxylation sites is 1. The maximum atomic E-state index is 12.8. The molecular weight excluding hydrogens is 466 g/mol. The lowest BCUT2D eigenvalue weighted by Gasteiger charge is -2.36. The van der Waals surface area contributed by atoms with Gasteiger partial charge in [0.1, 0.15) is 24.7 Å². The zero-order valence-electron chi connectivity index (χ0n) is 20.4. The minimum atomic E-state index is -0.189. The third kappa shape index (κ3) is 6.08. The number of hydrogen-bond donors (Lipinski definition) is 2. The molecule has 0 unspecified atom stereocenters. The van der Waals surface area contributed by atoms with Gasteiger partial charge in [0.25, 0.3) is 5.91 Å². The topological polar surface area (TPSA) is 79.9 Å². The van der Waals surface area contributed by atoms with Crippen LogP contribution in [0.3, 0.4) is 0 Å². The molecule has 4 aromatic rings. The summed E-state index contributed by atoms with van der Waals surface area (Å²) < 4.78 is 11.7. The number of amides is 2. The number of nitrogens with one attached hydrogen (secondary N) is 2. The van der Waals surface area contributed by atoms with E-state index in [-0.39, 0.29) is 24.4 Å². The quantitative estimate of drug-likeness (QED) is 0.343. The summed E-state index contributed by atoms with van der Waals surface area (Å²) in [5.41, 5.74) is 1.26. The number of carbonyl (C=O) groups excluding carboxylic acids is 2. The van der Waals surface area contributed by atoms with Crippen molar-refractivity contribution in [1.82, 2.24) is 10.6 Å². The third-order valence-corrected chi connectivity index (χ3v) is 6.26. The highest BCUT2D eigenvalue weighted by molar-refractivity contribution is 5.98. The Bertz CT molecular complexity index is 1360. The first-order valence-corrected chi connectivity index (χ1v) is 12.4. The summed E-state index contributed by atoms with van der Waals surface area (Å²) in [5.74, 6) is 1.31. The summed E-state index contributed by atoms with van der Waals surface area (Å²) >= 11 is 0. The van der Waals surface area contributed by atoms with Crippen molar-refractivity contribution in [1.29, 1.82) is 0 Å². The second-order valence-electron chi connectivity index (χ2n) is 8.83. The molecule has 1 heterocycles. The number of fused-ring (bicyclic) bond motifs is 1. The number of anilines is 1. The number of carbonyl (C=O) groups is 2. The Balaban J connectivity index is 1.18. The Labute approximate surface area is 216 Å². The lowest BCUT2D eigenvalue weighted by atomic mass is 10.1. The van der Waals surface area contributed by atoms with Crippen molar-refractivity contribution in [2.45, 2.75) is 6.04 Å². The number of piperazine rings is 1. The van der Waals surface area contributed by atoms with Crippen molar-refractivity contribution in [2.75, 3.05) is 37.7 Å². The van der Waals surface area contributed by atoms with E-state index >= 15 is 0 Å². The Hall–Kier alpha value is -4.36. The molecule has 1 aliphatic rings. The molecule has 0 saturated carbocycles. The summed E-state index contributed by atoms with van der Waals surface area (Å²) in [5, 5.41) is 8.29. The van der Waals surface area contributed by atoms with Gasteiger partial charge < -0.3 is 25.0 Å². The number of nitrogens with zero attached hydrogens (tertiary/aromatic N) is 1. The van der Waals surface area contributed by atoms with E-state index < -0.39 is 0 Å². The van der Waals surface area contributed by atoms with Crippen molar-refractivity contribution in [3.8, 4) is 11.5 Å². The third-order valence-electron chi connectivity index (χ3n) is 6.26. The molecule has 1 saturated heterocycles. The molecule has 7 heteroatoms. The predicted molar refractivity (Wildman–Crippen MR) is 144 cm³/mol. The molecule has 0 aliphatic carbocycles. The van der Waals surface area contributed by atoms with Gasteiger partial charge >= 0.3 is 0 Å². The summed E-state index contributed by atoms with van der Waals surface area (Å²) in [4.78, 5) is 27.1. The highest BCUT2D eigenvalue weighted by Crippen LogP contribution is 2.23. The zero-order valence-corrected chi connectivity index (χ0v) is 20.4. The molecule has 2 N–H and O–H groups in total. The fraction of sp³-hybridized carbons (Fsp3) is 0.200. The van der Waals surface area contributed by atoms with E-state index in [1.54, 1.807) is 17.0 Å². The van der Waals surface area contributed by atoms with Gasteiger partial charge in [-0.25, -0.2) is 0 Å². The van der Waals surface area contributed by atoms with E-state index in [9.17, 15) is 9.59 Å². The Morgan fingerprint density at radius 1 is 0.865 bits per heavy atom. The van der Waals surface area contributed by atoms with Crippen LogP contribution in [0.25, 0.3) is 10.8 Å². The van der Waals surface area contributed by atoms with Crippen LogP contribution in [0.1, 0.15) is 10.4 Å². The molecule has 188 valence electrons. The van der Waals surface area contributed by atoms with E-state index in [4.69, 9.17) is 9.47 Å². The second-order valence-corrected chi connectivity index (χ2v) is 8.83. The van der Waals surface area contributed by atoms with Gasteiger partial charge in [-0.15, -0.1) is 0 Å². The summed E-state index contributed by atoms with van der Waals surface area (Å²) in [6.07, 6.45) is 0. The van der Waals surface area contributed by atoms with Gasteiger partial charge in [-0.1, -0.05) is 48.5 Å². The summed E-state index contributed by atoms with van der Waals surface area (Å²) in [6.45, 7) is 1.99. The van der Waals surface area contributed by atoms with Crippen molar-refractivity contribution < 1.29 is 19.1 Å². The average molecular weight is 496 g/mol. The van der Waals surface area contributed by atoms with E-state index in [2.05, 4.69) is 16.7 Å². The highest BCUT2D eigenvalue weighted by Gasteiger charge is 2.30. The van der Waals surface area contributed by atoms with Crippen molar-refractivity contribution in [3.05, 3.63) is 103 Å². The minimum Gasteiger partial charge on any atom is -0.492 e. The van der Waals surface area contributed by atoms with Crippen LogP contribution in [0.2, 0.25) is 0 Å². The fourth-order valence-corrected chi connectivity index (χ4v) is 4.39. The van der Waals surface area contributed by atoms with Crippen molar-refractivity contribution >= 4 is 28.3 Å². The van der Waals surface area contributed by atoms with Crippen LogP contribution in [0.5, 0.6) is 11.5 Å². The van der Waals surface area contributed by atoms with E-state index in [1.807, 2.05) is 78.9 Å². The van der Waals surface area contributed by atoms with Crippen LogP contribution >= 0.6 is 0 Å². The van der Waals surface area contributed by atoms with Gasteiger partial charge in [-0.3, -0.25) is 9.59 Å². The minimum absolute atomic E-state index is 0.0337. The number of ether oxygens (including phenoxy) is 2. The number of rotatable bonds is 9. The monoisotopic (exact) mass is 495 g/mol. The van der Waals surface area contributed by atoms with Crippen LogP contribution in [-0.2, 0) is 4.79 Å². The molecule has 0 aromatic heterocycles. The molecule has 37 heavy (non-hydrogen) atoms. The Kier molecular flexibility index (Phi) is 7.62. The van der Waals surface area contributed by atoms with Gasteiger partial charge in [0.2, 0.25) is 5.91 Å². The molecule has 0 radical (unpaired) electrons. The highest BCUT2D eigenvalue weighted by atomic mass is 16.5. The van der Waals surface area contributed by atoms with Crippen LogP contribution in [0.4, 0.5) is 5.69 Å². The molecular formula is C30H29N3O4. The molecule has 0 spiro atoms. The molecule has 5 rings (SSSR count). The van der Waals surface area contributed by atoms with Gasteiger partial charge in [-0.2, -0.15) is 0 Å². The summed E-state index contributed by atoms with van der Waals surface area (Å²) in [7, 11) is 0. The number of benzene rings is 4. The normalized spacial score (nSPS) is 15.4. The molecule has 7 nitrogen and oxygen atoms in total. The maximum Gasteiger partial charge on any atom is 0.251 e. The zero-order chi connectivity index (χ0) is 25.5. The maximum absolute atomic E-state index is 12.8. The largest absolute Gasteiger partial charge is 0.492 e. The van der Waals surface area contributed by atoms with Crippen LogP contribution in [0.15, 0.2) is 97.1 Å². The smallest absolute Gasteiger partial charge is 0.251 e. The lowest BCUT2D eigenvalue weighted by Crippen LogP contribution is -2.57. The predicted octanol–water partition coefficient (Wildman–Crippen LogP) is 4.03. The van der Waals surface area contributed by atoms with Gasteiger partial charge in [0, 0.05) is 17.8 Å². The standard InChI is InChI=1S/C30H29N3O4/c34-29-20-31-19-26(21-37-28-15-12-22-6-4-5-7-24(22)18-28)33(29)25-13-10-23(11-14-25)30(35)32-16-17-36-27-8-2-1-3-9-27/h1-15,18,26,31H,16-17,19-21H2,(H,32,35)/t26-/m1/s1. The molecule has 4 aromatic carbocycles. The fourth-order valence-electron chi connectivity index (χ4n) is 4.39. The Morgan fingerprint density at radius 2 is 1.62 bits per heavy atom. The average Bonchev–Trinajstić information content (AvgIpc) is 2.95. The van der Waals surface area contributed by atoms with Crippen molar-refractivity contribution in [3.63, 3.8) is 0 Å². The second kappa shape index (κ2) is 11.6. The van der Waals surface area contributed by atoms with Crippen LogP contribution in [-0.4, -0.2) is 50.7 Å². The molecule has 1 fully saturated rings. The molecule has 1 atom stereocenters. The van der Waals surface area contributed by atoms with E-state index in [0.29, 0.717) is 31.9 Å². The van der Waals surface area contributed by atoms with E-state index in [1.165, 1.54) is 0 Å². The van der Waals surface area contributed by atoms with E-state index in [0.717, 1.165) is 28.0 Å². The lowest BCUT2D eigenvalue weighted by molar-refractivity contribution is -0.119. The SMILES string of the molecule is O=C(NCCOc1ccccc1)c1ccc(N2C(=O)CNC[C@@H]2COc2ccc3ccccc3c2)cc1. The summed E-state index contributed by atoms with van der Waals surface area (Å²) in [6, 6.07) is 30.5. The first kappa shape index (κ1) is 24.3. The molecule has 1 aliphatic heterocycles. The first-order chi connectivity index (χ1) is 18.2. The molecule has 0 bridgehead atoms. The van der Waals surface area contributed by atoms with Crippen molar-refractivity contribution in [2.24, 2.45) is 0 Å². The van der Waals surface area contributed by atoms with Gasteiger partial charge in [0.15, 0.2) is 0 Å². The first-order valence-electron chi connectivity index (χ1n) is 12.4. The van der Waals surface area contributed by atoms with Gasteiger partial charge in [-0.05, 0) is 59.3 Å². The molecule has 2 amide bonds. The van der Waals surface area contributed by atoms with Crippen LogP contribution < -0.4 is 25.0 Å². The van der Waals surface area contributed by atoms with Gasteiger partial charge in [0.05, 0.1) is 19.1 Å².